The highest BCUT2D eigenvalue weighted by molar-refractivity contribution is 5.87. The third kappa shape index (κ3) is 7.76. The summed E-state index contributed by atoms with van der Waals surface area (Å²) in [5.41, 5.74) is 0.914. The van der Waals surface area contributed by atoms with E-state index in [1.54, 1.807) is 6.07 Å². The van der Waals surface area contributed by atoms with E-state index in [0.29, 0.717) is 11.1 Å². The summed E-state index contributed by atoms with van der Waals surface area (Å²) in [4.78, 5) is 12.8. The highest BCUT2D eigenvalue weighted by Gasteiger charge is 2.52. The van der Waals surface area contributed by atoms with E-state index in [-0.39, 0.29) is 30.3 Å². The molecule has 2 aliphatic rings. The molecule has 2 saturated heterocycles. The summed E-state index contributed by atoms with van der Waals surface area (Å²) >= 11 is 0. The summed E-state index contributed by atoms with van der Waals surface area (Å²) in [7, 11) is 0. The van der Waals surface area contributed by atoms with Gasteiger partial charge in [0.25, 0.3) is 0 Å². The number of hydrogen-bond acceptors (Lipinski definition) is 15. The van der Waals surface area contributed by atoms with Crippen molar-refractivity contribution < 1.29 is 74.4 Å². The van der Waals surface area contributed by atoms with E-state index in [1.807, 2.05) is 0 Å². The second-order valence-corrected chi connectivity index (χ2v) is 10.4. The van der Waals surface area contributed by atoms with E-state index in [9.17, 15) is 50.8 Å². The first-order valence-corrected chi connectivity index (χ1v) is 13.7. The molecule has 44 heavy (non-hydrogen) atoms. The molecule has 4 rings (SSSR count). The van der Waals surface area contributed by atoms with Crippen LogP contribution in [-0.2, 0) is 34.9 Å². The van der Waals surface area contributed by atoms with Crippen LogP contribution in [0, 0.1) is 0 Å². The monoisotopic (exact) mass is 624 g/mol. The maximum absolute atomic E-state index is 12.8. The van der Waals surface area contributed by atoms with Crippen molar-refractivity contribution in [3.8, 4) is 23.0 Å². The van der Waals surface area contributed by atoms with Crippen LogP contribution >= 0.6 is 0 Å². The van der Waals surface area contributed by atoms with Gasteiger partial charge in [0, 0.05) is 6.08 Å². The molecule has 2 aromatic carbocycles. The Labute approximate surface area is 251 Å². The molecule has 15 heteroatoms. The summed E-state index contributed by atoms with van der Waals surface area (Å²) in [5.74, 6) is -2.40. The molecule has 0 amide bonds. The molecule has 0 aliphatic carbocycles. The Bertz CT molecular complexity index is 1300. The van der Waals surface area contributed by atoms with Crippen LogP contribution in [0.2, 0.25) is 0 Å². The van der Waals surface area contributed by atoms with Crippen LogP contribution < -0.4 is 0 Å². The summed E-state index contributed by atoms with van der Waals surface area (Å²) in [6, 6.07) is 7.98. The van der Waals surface area contributed by atoms with Crippen molar-refractivity contribution in [3.63, 3.8) is 0 Å². The number of aromatic hydroxyl groups is 4. The molecule has 0 radical (unpaired) electrons. The van der Waals surface area contributed by atoms with E-state index < -0.39 is 79.7 Å². The molecule has 2 aromatic rings. The average molecular weight is 625 g/mol. The van der Waals surface area contributed by atoms with Crippen molar-refractivity contribution in [1.29, 1.82) is 0 Å². The molecule has 242 valence electrons. The van der Waals surface area contributed by atoms with Gasteiger partial charge in [0.1, 0.15) is 36.6 Å². The molecule has 0 aromatic heterocycles. The van der Waals surface area contributed by atoms with Crippen molar-refractivity contribution >= 4 is 12.0 Å². The van der Waals surface area contributed by atoms with Crippen LogP contribution in [0.5, 0.6) is 23.0 Å². The number of aliphatic hydroxyl groups excluding tert-OH is 5. The summed E-state index contributed by atoms with van der Waals surface area (Å²) in [5, 5.41) is 90.5. The molecule has 10 atom stereocenters. The fourth-order valence-corrected chi connectivity index (χ4v) is 4.76. The van der Waals surface area contributed by atoms with Crippen LogP contribution in [0.4, 0.5) is 0 Å². The van der Waals surface area contributed by atoms with Gasteiger partial charge in [-0.05, 0) is 54.8 Å². The maximum Gasteiger partial charge on any atom is 0.331 e. The van der Waals surface area contributed by atoms with E-state index in [2.05, 4.69) is 0 Å². The third-order valence-electron chi connectivity index (χ3n) is 7.27. The van der Waals surface area contributed by atoms with Gasteiger partial charge in [-0.1, -0.05) is 12.1 Å². The Morgan fingerprint density at radius 2 is 1.50 bits per heavy atom. The molecular formula is C29H36O15. The van der Waals surface area contributed by atoms with E-state index in [4.69, 9.17) is 23.7 Å². The molecule has 0 spiro atoms. The molecule has 6 unspecified atom stereocenters. The minimum atomic E-state index is -1.77. The van der Waals surface area contributed by atoms with Crippen LogP contribution in [0.1, 0.15) is 18.1 Å². The second kappa shape index (κ2) is 14.5. The standard InChI is InChI=1S/C29H36O15/c1-13-22(36)23(37)24(38)29(41-13)44-27-25(39)28(40-9-8-15-3-6-17(32)19(34)11-15)42-20(12-30)26(27)43-21(35)7-4-14-2-5-16(31)18(33)10-14/h2-7,10-11,13,20,22-34,36-39H,8-9,12H2,1H3/b7-4+/t13?,20?,22?,23?,24?,25-,26+,27-,28-,29?/m0/s1. The lowest BCUT2D eigenvalue weighted by molar-refractivity contribution is -0.357. The van der Waals surface area contributed by atoms with Crippen LogP contribution in [-0.4, -0.2) is 127 Å². The quantitative estimate of drug-likeness (QED) is 0.0873. The summed E-state index contributed by atoms with van der Waals surface area (Å²) < 4.78 is 28.2. The van der Waals surface area contributed by atoms with Crippen LogP contribution in [0.15, 0.2) is 42.5 Å². The van der Waals surface area contributed by atoms with Gasteiger partial charge in [0.15, 0.2) is 41.7 Å². The Kier molecular flexibility index (Phi) is 11.0. The largest absolute Gasteiger partial charge is 0.504 e. The second-order valence-electron chi connectivity index (χ2n) is 10.4. The molecule has 0 saturated carbocycles. The Hall–Kier alpha value is -3.51. The average Bonchev–Trinajstić information content (AvgIpc) is 2.99. The zero-order valence-corrected chi connectivity index (χ0v) is 23.5. The number of rotatable bonds is 10. The van der Waals surface area contributed by atoms with Gasteiger partial charge in [-0.15, -0.1) is 0 Å². The van der Waals surface area contributed by atoms with Crippen molar-refractivity contribution in [3.05, 3.63) is 53.6 Å². The third-order valence-corrected chi connectivity index (χ3v) is 7.27. The number of aliphatic hydroxyl groups is 5. The molecule has 0 bridgehead atoms. The fourth-order valence-electron chi connectivity index (χ4n) is 4.76. The highest BCUT2D eigenvalue weighted by Crippen LogP contribution is 2.32. The van der Waals surface area contributed by atoms with Crippen molar-refractivity contribution in [2.24, 2.45) is 0 Å². The predicted octanol–water partition coefficient (Wildman–Crippen LogP) is -1.02. The minimum absolute atomic E-state index is 0.0754. The van der Waals surface area contributed by atoms with Gasteiger partial charge in [-0.3, -0.25) is 0 Å². The number of carbonyl (C=O) groups excluding carboxylic acids is 1. The highest BCUT2D eigenvalue weighted by atomic mass is 16.7. The zero-order valence-electron chi connectivity index (χ0n) is 23.5. The van der Waals surface area contributed by atoms with Crippen LogP contribution in [0.3, 0.4) is 0 Å². The van der Waals surface area contributed by atoms with E-state index >= 15 is 0 Å². The van der Waals surface area contributed by atoms with Crippen molar-refractivity contribution in [2.45, 2.75) is 74.8 Å². The zero-order chi connectivity index (χ0) is 32.1. The van der Waals surface area contributed by atoms with Gasteiger partial charge in [-0.25, -0.2) is 4.79 Å². The molecule has 2 aliphatic heterocycles. The Morgan fingerprint density at radius 3 is 2.16 bits per heavy atom. The van der Waals surface area contributed by atoms with Crippen LogP contribution in [0.25, 0.3) is 6.08 Å². The predicted molar refractivity (Wildman–Crippen MR) is 147 cm³/mol. The van der Waals surface area contributed by atoms with Crippen molar-refractivity contribution in [2.75, 3.05) is 13.2 Å². The Morgan fingerprint density at radius 1 is 0.818 bits per heavy atom. The number of phenolic OH excluding ortho intramolecular Hbond substituents is 4. The summed E-state index contributed by atoms with van der Waals surface area (Å²) in [6.07, 6.45) is -12.6. The number of phenols is 4. The molecular weight excluding hydrogens is 588 g/mol. The maximum atomic E-state index is 12.8. The normalized spacial score (nSPS) is 32.5. The smallest absolute Gasteiger partial charge is 0.331 e. The fraction of sp³-hybridized carbons (Fsp3) is 0.483. The van der Waals surface area contributed by atoms with E-state index in [0.717, 1.165) is 6.08 Å². The number of benzene rings is 2. The van der Waals surface area contributed by atoms with Gasteiger partial charge in [0.2, 0.25) is 0 Å². The first kappa shape index (κ1) is 33.4. The topological polar surface area (TPSA) is 245 Å². The molecule has 2 heterocycles. The molecule has 9 N–H and O–H groups in total. The number of esters is 1. The molecule has 15 nitrogen and oxygen atoms in total. The van der Waals surface area contributed by atoms with Crippen molar-refractivity contribution in [1.82, 2.24) is 0 Å². The SMILES string of the molecule is CC1OC(O[C@H]2[C@H](O)[C@@H](OCCc3ccc(O)c(O)c3)OC(CO)[C@H]2OC(=O)/C=C/c2ccc(O)c(O)c2)C(O)C(O)C1O. The lowest BCUT2D eigenvalue weighted by Gasteiger charge is -2.46. The number of hydrogen-bond donors (Lipinski definition) is 9. The van der Waals surface area contributed by atoms with Gasteiger partial charge >= 0.3 is 5.97 Å². The first-order chi connectivity index (χ1) is 20.9. The number of carbonyl (C=O) groups is 1. The number of ether oxygens (including phenoxy) is 5. The summed E-state index contributed by atoms with van der Waals surface area (Å²) in [6.45, 7) is 0.606. The Balaban J connectivity index is 1.52. The first-order valence-electron chi connectivity index (χ1n) is 13.7. The molecule has 2 fully saturated rings. The van der Waals surface area contributed by atoms with E-state index in [1.165, 1.54) is 43.3 Å². The van der Waals surface area contributed by atoms with Gasteiger partial charge < -0.3 is 69.6 Å². The lowest BCUT2D eigenvalue weighted by atomic mass is 9.97. The van der Waals surface area contributed by atoms with Gasteiger partial charge in [0.05, 0.1) is 19.3 Å². The lowest BCUT2D eigenvalue weighted by Crippen LogP contribution is -2.65. The minimum Gasteiger partial charge on any atom is -0.504 e. The van der Waals surface area contributed by atoms with Gasteiger partial charge in [-0.2, -0.15) is 0 Å².